The summed E-state index contributed by atoms with van der Waals surface area (Å²) in [7, 11) is 0. The van der Waals surface area contributed by atoms with E-state index in [-0.39, 0.29) is 12.3 Å². The maximum Gasteiger partial charge on any atom is 0.360 e. The number of hydrogen-bond acceptors (Lipinski definition) is 4. The molecule has 2 aromatic carbocycles. The summed E-state index contributed by atoms with van der Waals surface area (Å²) in [5, 5.41) is 0. The molecule has 0 fully saturated rings. The van der Waals surface area contributed by atoms with Crippen molar-refractivity contribution in [2.24, 2.45) is 0 Å². The Bertz CT molecular complexity index is 836. The Hall–Kier alpha value is -3.14. The van der Waals surface area contributed by atoms with E-state index in [0.29, 0.717) is 11.7 Å². The minimum atomic E-state index is -0.490. The van der Waals surface area contributed by atoms with Crippen LogP contribution in [-0.2, 0) is 4.74 Å². The number of nitrogens with zero attached hydrogens (tertiary/aromatic N) is 1. The molecule has 3 rings (SSSR count). The zero-order chi connectivity index (χ0) is 16.8. The molecule has 0 spiro atoms. The third kappa shape index (κ3) is 3.60. The van der Waals surface area contributed by atoms with Gasteiger partial charge in [-0.15, -0.1) is 0 Å². The lowest BCUT2D eigenvalue weighted by Gasteiger charge is -1.97. The fourth-order valence-corrected chi connectivity index (χ4v) is 2.23. The Labute approximate surface area is 140 Å². The average Bonchev–Trinajstić information content (AvgIpc) is 3.06. The second-order valence-corrected chi connectivity index (χ2v) is 5.06. The first kappa shape index (κ1) is 15.7. The molecule has 3 aromatic rings. The van der Waals surface area contributed by atoms with Crippen LogP contribution in [0.2, 0.25) is 0 Å². The molecule has 0 amide bonds. The van der Waals surface area contributed by atoms with Crippen LogP contribution in [0.4, 0.5) is 0 Å². The summed E-state index contributed by atoms with van der Waals surface area (Å²) in [5.74, 6) is 0.290. The quantitative estimate of drug-likeness (QED) is 0.640. The van der Waals surface area contributed by atoms with Crippen LogP contribution in [0.25, 0.3) is 23.6 Å². The molecule has 0 saturated heterocycles. The minimum Gasteiger partial charge on any atom is -0.461 e. The highest BCUT2D eigenvalue weighted by atomic mass is 16.5. The Morgan fingerprint density at radius 2 is 1.71 bits per heavy atom. The van der Waals surface area contributed by atoms with Gasteiger partial charge in [0.2, 0.25) is 5.89 Å². The zero-order valence-electron chi connectivity index (χ0n) is 13.3. The van der Waals surface area contributed by atoms with Crippen LogP contribution in [0.15, 0.2) is 65.1 Å². The third-order valence-electron chi connectivity index (χ3n) is 3.37. The molecule has 1 aromatic heterocycles. The number of ether oxygens (including phenoxy) is 1. The van der Waals surface area contributed by atoms with E-state index in [1.807, 2.05) is 66.7 Å². The number of oxazole rings is 1. The first-order valence-electron chi connectivity index (χ1n) is 7.74. The first-order chi connectivity index (χ1) is 11.8. The van der Waals surface area contributed by atoms with Crippen molar-refractivity contribution in [3.05, 3.63) is 77.7 Å². The van der Waals surface area contributed by atoms with Crippen molar-refractivity contribution in [3.63, 3.8) is 0 Å². The van der Waals surface area contributed by atoms with Gasteiger partial charge in [-0.2, -0.15) is 0 Å². The highest BCUT2D eigenvalue weighted by Crippen LogP contribution is 2.24. The molecule has 120 valence electrons. The van der Waals surface area contributed by atoms with Gasteiger partial charge in [0, 0.05) is 5.56 Å². The first-order valence-corrected chi connectivity index (χ1v) is 7.74. The van der Waals surface area contributed by atoms with Gasteiger partial charge in [0.15, 0.2) is 11.5 Å². The van der Waals surface area contributed by atoms with Gasteiger partial charge in [0.05, 0.1) is 6.61 Å². The lowest BCUT2D eigenvalue weighted by atomic mass is 10.2. The third-order valence-corrected chi connectivity index (χ3v) is 3.37. The second kappa shape index (κ2) is 7.42. The molecule has 1 heterocycles. The lowest BCUT2D eigenvalue weighted by molar-refractivity contribution is 0.0519. The van der Waals surface area contributed by atoms with Gasteiger partial charge in [-0.05, 0) is 30.7 Å². The molecule has 0 aliphatic heterocycles. The Kier molecular flexibility index (Phi) is 4.87. The number of benzene rings is 2. The molecule has 0 atom stereocenters. The van der Waals surface area contributed by atoms with Crippen LogP contribution >= 0.6 is 0 Å². The van der Waals surface area contributed by atoms with Crippen molar-refractivity contribution in [2.75, 3.05) is 6.61 Å². The zero-order valence-corrected chi connectivity index (χ0v) is 13.3. The van der Waals surface area contributed by atoms with Gasteiger partial charge in [-0.25, -0.2) is 9.78 Å². The minimum absolute atomic E-state index is 0.183. The number of aromatic nitrogens is 1. The molecule has 4 heteroatoms. The fraction of sp³-hybridized carbons (Fsp3) is 0.100. The van der Waals surface area contributed by atoms with Crippen molar-refractivity contribution in [2.45, 2.75) is 6.92 Å². The Morgan fingerprint density at radius 1 is 1.04 bits per heavy atom. The number of hydrogen-bond donors (Lipinski definition) is 0. The van der Waals surface area contributed by atoms with E-state index in [9.17, 15) is 4.79 Å². The number of rotatable bonds is 5. The summed E-state index contributed by atoms with van der Waals surface area (Å²) >= 11 is 0. The molecule has 24 heavy (non-hydrogen) atoms. The number of carbonyl (C=O) groups is 1. The van der Waals surface area contributed by atoms with Crippen molar-refractivity contribution >= 4 is 18.1 Å². The molecule has 0 aliphatic rings. The highest BCUT2D eigenvalue weighted by molar-refractivity contribution is 5.92. The summed E-state index contributed by atoms with van der Waals surface area (Å²) < 4.78 is 10.9. The predicted molar refractivity (Wildman–Crippen MR) is 93.3 cm³/mol. The standard InChI is InChI=1S/C20H17NO3/c1-2-23-20(22)18-17(14-13-15-9-5-3-6-10-15)24-19(21-18)16-11-7-4-8-12-16/h3-14H,2H2,1H3/b14-13+. The molecule has 4 nitrogen and oxygen atoms in total. The summed E-state index contributed by atoms with van der Waals surface area (Å²) in [5.41, 5.74) is 2.00. The normalized spacial score (nSPS) is 10.9. The van der Waals surface area contributed by atoms with E-state index in [1.165, 1.54) is 0 Å². The molecule has 0 unspecified atom stereocenters. The van der Waals surface area contributed by atoms with Crippen molar-refractivity contribution in [3.8, 4) is 11.5 Å². The van der Waals surface area contributed by atoms with Crippen LogP contribution in [0.3, 0.4) is 0 Å². The molecule has 0 aliphatic carbocycles. The van der Waals surface area contributed by atoms with Gasteiger partial charge >= 0.3 is 5.97 Å². The van der Waals surface area contributed by atoms with Gasteiger partial charge in [-0.3, -0.25) is 0 Å². The summed E-state index contributed by atoms with van der Waals surface area (Å²) in [6.45, 7) is 2.05. The van der Waals surface area contributed by atoms with Crippen molar-refractivity contribution in [1.29, 1.82) is 0 Å². The number of carbonyl (C=O) groups excluding carboxylic acids is 1. The Balaban J connectivity index is 1.98. The molecule has 0 saturated carbocycles. The Morgan fingerprint density at radius 3 is 2.38 bits per heavy atom. The van der Waals surface area contributed by atoms with E-state index in [0.717, 1.165) is 11.1 Å². The van der Waals surface area contributed by atoms with Crippen LogP contribution in [0.5, 0.6) is 0 Å². The number of esters is 1. The summed E-state index contributed by atoms with van der Waals surface area (Å²) in [4.78, 5) is 16.5. The highest BCUT2D eigenvalue weighted by Gasteiger charge is 2.20. The molecule has 0 N–H and O–H groups in total. The van der Waals surface area contributed by atoms with Gasteiger partial charge < -0.3 is 9.15 Å². The second-order valence-electron chi connectivity index (χ2n) is 5.06. The van der Waals surface area contributed by atoms with Gasteiger partial charge in [0.1, 0.15) is 0 Å². The predicted octanol–water partition coefficient (Wildman–Crippen LogP) is 4.69. The van der Waals surface area contributed by atoms with Crippen LogP contribution in [0.1, 0.15) is 28.7 Å². The van der Waals surface area contributed by atoms with Crippen LogP contribution in [-0.4, -0.2) is 17.6 Å². The van der Waals surface area contributed by atoms with Gasteiger partial charge in [-0.1, -0.05) is 54.6 Å². The summed E-state index contributed by atoms with van der Waals surface area (Å²) in [6, 6.07) is 19.2. The monoisotopic (exact) mass is 319 g/mol. The van der Waals surface area contributed by atoms with E-state index >= 15 is 0 Å². The van der Waals surface area contributed by atoms with Gasteiger partial charge in [0.25, 0.3) is 0 Å². The average molecular weight is 319 g/mol. The maximum absolute atomic E-state index is 12.1. The molecular formula is C20H17NO3. The van der Waals surface area contributed by atoms with Crippen LogP contribution < -0.4 is 0 Å². The smallest absolute Gasteiger partial charge is 0.360 e. The largest absolute Gasteiger partial charge is 0.461 e. The summed E-state index contributed by atoms with van der Waals surface area (Å²) in [6.07, 6.45) is 3.61. The van der Waals surface area contributed by atoms with E-state index < -0.39 is 5.97 Å². The van der Waals surface area contributed by atoms with Crippen molar-refractivity contribution in [1.82, 2.24) is 4.98 Å². The van der Waals surface area contributed by atoms with Crippen molar-refractivity contribution < 1.29 is 13.9 Å². The molecule has 0 radical (unpaired) electrons. The van der Waals surface area contributed by atoms with Crippen LogP contribution in [0, 0.1) is 0 Å². The lowest BCUT2D eigenvalue weighted by Crippen LogP contribution is -2.06. The van der Waals surface area contributed by atoms with E-state index in [4.69, 9.17) is 9.15 Å². The maximum atomic E-state index is 12.1. The van der Waals surface area contributed by atoms with E-state index in [1.54, 1.807) is 13.0 Å². The molecule has 0 bridgehead atoms. The fourth-order valence-electron chi connectivity index (χ4n) is 2.23. The topological polar surface area (TPSA) is 52.3 Å². The SMILES string of the molecule is CCOC(=O)c1nc(-c2ccccc2)oc1/C=C/c1ccccc1. The van der Waals surface area contributed by atoms with E-state index in [2.05, 4.69) is 4.98 Å². The molecular weight excluding hydrogens is 302 g/mol.